The Morgan fingerprint density at radius 1 is 1.16 bits per heavy atom. The molecule has 0 saturated carbocycles. The van der Waals surface area contributed by atoms with Crippen molar-refractivity contribution in [3.05, 3.63) is 69.7 Å². The summed E-state index contributed by atoms with van der Waals surface area (Å²) >= 11 is 5.88. The lowest BCUT2D eigenvalue weighted by atomic mass is 10.0. The Kier molecular flexibility index (Phi) is 3.96. The molecule has 0 aliphatic rings. The molecule has 0 N–H and O–H groups in total. The van der Waals surface area contributed by atoms with E-state index in [1.54, 1.807) is 13.0 Å². The number of Topliss-reactive ketones (excluding diaryl/α,β-unsaturated/α-hetero) is 1. The van der Waals surface area contributed by atoms with Gasteiger partial charge in [0.1, 0.15) is 11.6 Å². The standard InChI is InChI=1S/C15H11ClF2O/c1-9-2-4-12(14(18)6-9)15(19)8-10-7-11(17)3-5-13(10)16/h2-7H,8H2,1H3. The number of ketones is 1. The highest BCUT2D eigenvalue weighted by atomic mass is 35.5. The van der Waals surface area contributed by atoms with E-state index in [0.29, 0.717) is 10.6 Å². The van der Waals surface area contributed by atoms with Gasteiger partial charge in [-0.1, -0.05) is 17.7 Å². The second kappa shape index (κ2) is 5.49. The van der Waals surface area contributed by atoms with Crippen LogP contribution in [0, 0.1) is 18.6 Å². The molecule has 0 aliphatic carbocycles. The zero-order valence-corrected chi connectivity index (χ0v) is 11.0. The average Bonchev–Trinajstić information content (AvgIpc) is 2.33. The molecule has 0 bridgehead atoms. The summed E-state index contributed by atoms with van der Waals surface area (Å²) < 4.78 is 26.7. The number of benzene rings is 2. The summed E-state index contributed by atoms with van der Waals surface area (Å²) in [5, 5.41) is 0.294. The molecule has 98 valence electrons. The van der Waals surface area contributed by atoms with Gasteiger partial charge in [-0.3, -0.25) is 4.79 Å². The lowest BCUT2D eigenvalue weighted by Crippen LogP contribution is -2.07. The summed E-state index contributed by atoms with van der Waals surface area (Å²) in [5.41, 5.74) is 1.08. The fourth-order valence-electron chi connectivity index (χ4n) is 1.79. The van der Waals surface area contributed by atoms with Crippen LogP contribution in [0.15, 0.2) is 36.4 Å². The largest absolute Gasteiger partial charge is 0.294 e. The summed E-state index contributed by atoms with van der Waals surface area (Å²) in [6.07, 6.45) is -0.128. The predicted molar refractivity (Wildman–Crippen MR) is 70.6 cm³/mol. The molecule has 0 atom stereocenters. The van der Waals surface area contributed by atoms with E-state index in [4.69, 9.17) is 11.6 Å². The predicted octanol–water partition coefficient (Wildman–Crippen LogP) is 4.35. The first-order chi connectivity index (χ1) is 8.97. The summed E-state index contributed by atoms with van der Waals surface area (Å²) in [6, 6.07) is 8.16. The van der Waals surface area contributed by atoms with Gasteiger partial charge in [-0.2, -0.15) is 0 Å². The zero-order valence-electron chi connectivity index (χ0n) is 10.2. The van der Waals surface area contributed by atoms with Gasteiger partial charge in [0.15, 0.2) is 5.78 Å². The van der Waals surface area contributed by atoms with Crippen LogP contribution in [0.1, 0.15) is 21.5 Å². The van der Waals surface area contributed by atoms with Crippen LogP contribution < -0.4 is 0 Å². The fraction of sp³-hybridized carbons (Fsp3) is 0.133. The Morgan fingerprint density at radius 2 is 1.89 bits per heavy atom. The van der Waals surface area contributed by atoms with Crippen LogP contribution in [0.4, 0.5) is 8.78 Å². The topological polar surface area (TPSA) is 17.1 Å². The first-order valence-corrected chi connectivity index (χ1v) is 6.08. The molecular weight excluding hydrogens is 270 g/mol. The fourth-order valence-corrected chi connectivity index (χ4v) is 1.98. The normalized spacial score (nSPS) is 10.5. The van der Waals surface area contributed by atoms with Gasteiger partial charge in [-0.05, 0) is 48.4 Å². The van der Waals surface area contributed by atoms with Crippen molar-refractivity contribution in [3.8, 4) is 0 Å². The van der Waals surface area contributed by atoms with Crippen LogP contribution in [-0.4, -0.2) is 5.78 Å². The van der Waals surface area contributed by atoms with E-state index >= 15 is 0 Å². The molecule has 0 unspecified atom stereocenters. The van der Waals surface area contributed by atoms with Crippen molar-refractivity contribution in [3.63, 3.8) is 0 Å². The molecule has 0 amide bonds. The minimum absolute atomic E-state index is 0.00840. The van der Waals surface area contributed by atoms with E-state index in [9.17, 15) is 13.6 Å². The van der Waals surface area contributed by atoms with Crippen LogP contribution in [0.3, 0.4) is 0 Å². The molecule has 0 radical (unpaired) electrons. The van der Waals surface area contributed by atoms with Crippen molar-refractivity contribution in [2.75, 3.05) is 0 Å². The third-order valence-corrected chi connectivity index (χ3v) is 3.15. The quantitative estimate of drug-likeness (QED) is 0.764. The molecule has 2 aromatic carbocycles. The highest BCUT2D eigenvalue weighted by molar-refractivity contribution is 6.31. The number of hydrogen-bond acceptors (Lipinski definition) is 1. The number of rotatable bonds is 3. The van der Waals surface area contributed by atoms with Crippen molar-refractivity contribution in [2.45, 2.75) is 13.3 Å². The van der Waals surface area contributed by atoms with E-state index in [1.165, 1.54) is 30.3 Å². The average molecular weight is 281 g/mol. The molecule has 4 heteroatoms. The molecule has 0 spiro atoms. The van der Waals surface area contributed by atoms with Crippen LogP contribution in [0.2, 0.25) is 5.02 Å². The molecular formula is C15H11ClF2O. The maximum atomic E-state index is 13.7. The number of carbonyl (C=O) groups excluding carboxylic acids is 1. The third kappa shape index (κ3) is 3.18. The second-order valence-corrected chi connectivity index (χ2v) is 4.73. The molecule has 0 saturated heterocycles. The van der Waals surface area contributed by atoms with E-state index in [1.807, 2.05) is 0 Å². The Bertz CT molecular complexity index is 638. The van der Waals surface area contributed by atoms with Gasteiger partial charge in [0.2, 0.25) is 0 Å². The zero-order chi connectivity index (χ0) is 14.0. The smallest absolute Gasteiger partial charge is 0.170 e. The third-order valence-electron chi connectivity index (χ3n) is 2.78. The minimum atomic E-state index is -0.572. The van der Waals surface area contributed by atoms with Crippen LogP contribution in [0.5, 0.6) is 0 Å². The van der Waals surface area contributed by atoms with Gasteiger partial charge in [-0.25, -0.2) is 8.78 Å². The summed E-state index contributed by atoms with van der Waals surface area (Å²) in [7, 11) is 0. The molecule has 19 heavy (non-hydrogen) atoms. The highest BCUT2D eigenvalue weighted by Crippen LogP contribution is 2.20. The highest BCUT2D eigenvalue weighted by Gasteiger charge is 2.14. The number of carbonyl (C=O) groups is 1. The monoisotopic (exact) mass is 280 g/mol. The Morgan fingerprint density at radius 3 is 2.58 bits per heavy atom. The molecule has 0 aliphatic heterocycles. The van der Waals surface area contributed by atoms with Crippen molar-refractivity contribution in [1.82, 2.24) is 0 Å². The molecule has 0 heterocycles. The first-order valence-electron chi connectivity index (χ1n) is 5.70. The number of halogens is 3. The van der Waals surface area contributed by atoms with Gasteiger partial charge >= 0.3 is 0 Å². The summed E-state index contributed by atoms with van der Waals surface area (Å²) in [4.78, 5) is 12.0. The van der Waals surface area contributed by atoms with Gasteiger partial charge < -0.3 is 0 Å². The lowest BCUT2D eigenvalue weighted by molar-refractivity contribution is 0.0989. The SMILES string of the molecule is Cc1ccc(C(=O)Cc2cc(F)ccc2Cl)c(F)c1. The number of hydrogen-bond donors (Lipinski definition) is 0. The minimum Gasteiger partial charge on any atom is -0.294 e. The molecule has 0 aromatic heterocycles. The van der Waals surface area contributed by atoms with Crippen LogP contribution >= 0.6 is 11.6 Å². The van der Waals surface area contributed by atoms with Gasteiger partial charge in [-0.15, -0.1) is 0 Å². The Balaban J connectivity index is 2.28. The van der Waals surface area contributed by atoms with E-state index in [2.05, 4.69) is 0 Å². The lowest BCUT2D eigenvalue weighted by Gasteiger charge is -2.06. The summed E-state index contributed by atoms with van der Waals surface area (Å²) in [6.45, 7) is 1.74. The van der Waals surface area contributed by atoms with Crippen molar-refractivity contribution >= 4 is 17.4 Å². The van der Waals surface area contributed by atoms with Crippen molar-refractivity contribution < 1.29 is 13.6 Å². The maximum absolute atomic E-state index is 13.7. The van der Waals surface area contributed by atoms with Crippen molar-refractivity contribution in [1.29, 1.82) is 0 Å². The first kappa shape index (κ1) is 13.7. The van der Waals surface area contributed by atoms with E-state index in [-0.39, 0.29) is 12.0 Å². The Hall–Kier alpha value is -1.74. The molecule has 2 aromatic rings. The van der Waals surface area contributed by atoms with Gasteiger partial charge in [0.05, 0.1) is 5.56 Å². The van der Waals surface area contributed by atoms with Crippen molar-refractivity contribution in [2.24, 2.45) is 0 Å². The van der Waals surface area contributed by atoms with E-state index in [0.717, 1.165) is 5.56 Å². The summed E-state index contributed by atoms with van der Waals surface area (Å²) in [5.74, 6) is -1.47. The second-order valence-electron chi connectivity index (χ2n) is 4.32. The van der Waals surface area contributed by atoms with Gasteiger partial charge in [0, 0.05) is 11.4 Å². The molecule has 1 nitrogen and oxygen atoms in total. The Labute approximate surface area is 114 Å². The van der Waals surface area contributed by atoms with Crippen LogP contribution in [0.25, 0.3) is 0 Å². The number of aryl methyl sites for hydroxylation is 1. The van der Waals surface area contributed by atoms with Crippen LogP contribution in [-0.2, 0) is 6.42 Å². The van der Waals surface area contributed by atoms with E-state index < -0.39 is 17.4 Å². The van der Waals surface area contributed by atoms with Gasteiger partial charge in [0.25, 0.3) is 0 Å². The molecule has 2 rings (SSSR count). The maximum Gasteiger partial charge on any atom is 0.170 e. The molecule has 0 fully saturated rings.